The zero-order valence-electron chi connectivity index (χ0n) is 10.7. The second kappa shape index (κ2) is 6.48. The molecule has 0 saturated carbocycles. The third-order valence-corrected chi connectivity index (χ3v) is 2.87. The number of rotatable bonds is 4. The minimum absolute atomic E-state index is 0.259. The molecule has 4 heteroatoms. The van der Waals surface area contributed by atoms with E-state index >= 15 is 0 Å². The molecule has 0 saturated heterocycles. The lowest BCUT2D eigenvalue weighted by atomic mass is 10.00. The predicted octanol–water partition coefficient (Wildman–Crippen LogP) is 3.15. The number of nitrogens with one attached hydrogen (secondary N) is 1. The maximum atomic E-state index is 12.8. The molecule has 0 fully saturated rings. The van der Waals surface area contributed by atoms with Gasteiger partial charge < -0.3 is 5.32 Å². The summed E-state index contributed by atoms with van der Waals surface area (Å²) in [5.74, 6) is -1.50. The van der Waals surface area contributed by atoms with Gasteiger partial charge in [-0.2, -0.15) is 5.26 Å². The fraction of sp³-hybridized carbons (Fsp3) is 0.125. The van der Waals surface area contributed by atoms with Crippen molar-refractivity contribution in [2.45, 2.75) is 6.42 Å². The highest BCUT2D eigenvalue weighted by molar-refractivity contribution is 5.94. The summed E-state index contributed by atoms with van der Waals surface area (Å²) < 4.78 is 12.8. The average Bonchev–Trinajstić information content (AvgIpc) is 2.47. The molecule has 2 aromatic rings. The van der Waals surface area contributed by atoms with Gasteiger partial charge in [-0.05, 0) is 36.2 Å². The Bertz CT molecular complexity index is 617. The van der Waals surface area contributed by atoms with E-state index in [0.29, 0.717) is 5.69 Å². The lowest BCUT2D eigenvalue weighted by molar-refractivity contribution is -0.118. The van der Waals surface area contributed by atoms with Crippen molar-refractivity contribution >= 4 is 11.6 Å². The van der Waals surface area contributed by atoms with Crippen LogP contribution in [0.1, 0.15) is 5.56 Å². The monoisotopic (exact) mass is 268 g/mol. The van der Waals surface area contributed by atoms with Crippen LogP contribution in [0, 0.1) is 23.1 Å². The van der Waals surface area contributed by atoms with Gasteiger partial charge in [-0.15, -0.1) is 0 Å². The molecule has 0 bridgehead atoms. The smallest absolute Gasteiger partial charge is 0.242 e. The Morgan fingerprint density at radius 2 is 1.80 bits per heavy atom. The van der Waals surface area contributed by atoms with Crippen LogP contribution in [0.5, 0.6) is 0 Å². The fourth-order valence-corrected chi connectivity index (χ4v) is 1.80. The third kappa shape index (κ3) is 3.66. The molecule has 0 radical (unpaired) electrons. The number of nitriles is 1. The van der Waals surface area contributed by atoms with Crippen molar-refractivity contribution in [3.8, 4) is 6.07 Å². The molecule has 20 heavy (non-hydrogen) atoms. The largest absolute Gasteiger partial charge is 0.325 e. The summed E-state index contributed by atoms with van der Waals surface area (Å²) >= 11 is 0. The molecule has 3 nitrogen and oxygen atoms in total. The number of benzene rings is 2. The van der Waals surface area contributed by atoms with Gasteiger partial charge in [0.1, 0.15) is 11.7 Å². The van der Waals surface area contributed by atoms with Gasteiger partial charge in [0.2, 0.25) is 5.91 Å². The first kappa shape index (κ1) is 13.8. The molecule has 100 valence electrons. The molecule has 1 amide bonds. The number of hydrogen-bond donors (Lipinski definition) is 1. The van der Waals surface area contributed by atoms with Crippen LogP contribution in [-0.4, -0.2) is 5.91 Å². The first-order valence-electron chi connectivity index (χ1n) is 6.19. The van der Waals surface area contributed by atoms with Crippen LogP contribution < -0.4 is 5.32 Å². The number of halogens is 1. The second-order valence-corrected chi connectivity index (χ2v) is 4.37. The van der Waals surface area contributed by atoms with Crippen molar-refractivity contribution in [3.63, 3.8) is 0 Å². The normalized spacial score (nSPS) is 11.4. The van der Waals surface area contributed by atoms with Gasteiger partial charge >= 0.3 is 0 Å². The number of nitrogens with zero attached hydrogens (tertiary/aromatic N) is 1. The van der Waals surface area contributed by atoms with E-state index in [0.717, 1.165) is 5.56 Å². The number of carbonyl (C=O) groups is 1. The van der Waals surface area contributed by atoms with E-state index in [1.54, 1.807) is 36.4 Å². The Labute approximate surface area is 116 Å². The van der Waals surface area contributed by atoms with Gasteiger partial charge in [0, 0.05) is 5.69 Å². The van der Waals surface area contributed by atoms with E-state index in [4.69, 9.17) is 5.26 Å². The van der Waals surface area contributed by atoms with E-state index < -0.39 is 5.92 Å². The van der Waals surface area contributed by atoms with Crippen LogP contribution >= 0.6 is 0 Å². The van der Waals surface area contributed by atoms with Crippen LogP contribution in [0.2, 0.25) is 0 Å². The Balaban J connectivity index is 2.03. The van der Waals surface area contributed by atoms with Crippen molar-refractivity contribution in [2.75, 3.05) is 5.32 Å². The first-order chi connectivity index (χ1) is 9.69. The highest BCUT2D eigenvalue weighted by Crippen LogP contribution is 2.13. The van der Waals surface area contributed by atoms with E-state index in [1.807, 2.05) is 12.1 Å². The first-order valence-corrected chi connectivity index (χ1v) is 6.19. The zero-order chi connectivity index (χ0) is 14.4. The lowest BCUT2D eigenvalue weighted by Crippen LogP contribution is -2.23. The van der Waals surface area contributed by atoms with Crippen LogP contribution in [0.4, 0.5) is 10.1 Å². The minimum Gasteiger partial charge on any atom is -0.325 e. The van der Waals surface area contributed by atoms with Crippen molar-refractivity contribution in [1.29, 1.82) is 5.26 Å². The van der Waals surface area contributed by atoms with Gasteiger partial charge in [0.25, 0.3) is 0 Å². The molecule has 0 aliphatic heterocycles. The molecule has 0 aliphatic rings. The molecule has 0 aliphatic carbocycles. The summed E-state index contributed by atoms with van der Waals surface area (Å²) in [6, 6.07) is 16.7. The maximum absolute atomic E-state index is 12.8. The summed E-state index contributed by atoms with van der Waals surface area (Å²) in [5, 5.41) is 11.8. The standard InChI is InChI=1S/C16H13FN2O/c17-14-8-6-12(7-9-14)10-13(11-18)16(20)19-15-4-2-1-3-5-15/h1-9,13H,10H2,(H,19,20). The summed E-state index contributed by atoms with van der Waals surface area (Å²) in [6.45, 7) is 0. The quantitative estimate of drug-likeness (QED) is 0.926. The minimum atomic E-state index is -0.805. The van der Waals surface area contributed by atoms with Crippen molar-refractivity contribution < 1.29 is 9.18 Å². The molecule has 0 spiro atoms. The van der Waals surface area contributed by atoms with Crippen molar-refractivity contribution in [2.24, 2.45) is 5.92 Å². The third-order valence-electron chi connectivity index (χ3n) is 2.87. The lowest BCUT2D eigenvalue weighted by Gasteiger charge is -2.10. The number of para-hydroxylation sites is 1. The Morgan fingerprint density at radius 1 is 1.15 bits per heavy atom. The highest BCUT2D eigenvalue weighted by atomic mass is 19.1. The van der Waals surface area contributed by atoms with E-state index in [1.165, 1.54) is 12.1 Å². The Kier molecular flexibility index (Phi) is 4.46. The summed E-state index contributed by atoms with van der Waals surface area (Å²) in [6.07, 6.45) is 0.259. The van der Waals surface area contributed by atoms with Crippen LogP contribution in [0.15, 0.2) is 54.6 Å². The maximum Gasteiger partial charge on any atom is 0.242 e. The summed E-state index contributed by atoms with van der Waals surface area (Å²) in [7, 11) is 0. The summed E-state index contributed by atoms with van der Waals surface area (Å²) in [5.41, 5.74) is 1.40. The Hall–Kier alpha value is -2.67. The van der Waals surface area contributed by atoms with Crippen molar-refractivity contribution in [1.82, 2.24) is 0 Å². The Morgan fingerprint density at radius 3 is 2.40 bits per heavy atom. The van der Waals surface area contributed by atoms with Gasteiger partial charge in [-0.25, -0.2) is 4.39 Å². The molecular weight excluding hydrogens is 255 g/mol. The summed E-state index contributed by atoms with van der Waals surface area (Å²) in [4.78, 5) is 12.0. The molecular formula is C16H13FN2O. The van der Waals surface area contributed by atoms with Crippen LogP contribution in [0.3, 0.4) is 0 Å². The molecule has 2 aromatic carbocycles. The molecule has 0 aromatic heterocycles. The van der Waals surface area contributed by atoms with Crippen LogP contribution in [-0.2, 0) is 11.2 Å². The van der Waals surface area contributed by atoms with E-state index in [9.17, 15) is 9.18 Å². The molecule has 1 N–H and O–H groups in total. The van der Waals surface area contributed by atoms with Gasteiger partial charge in [0.05, 0.1) is 6.07 Å². The second-order valence-electron chi connectivity index (χ2n) is 4.37. The SMILES string of the molecule is N#CC(Cc1ccc(F)cc1)C(=O)Nc1ccccc1. The number of amides is 1. The molecule has 1 unspecified atom stereocenters. The zero-order valence-corrected chi connectivity index (χ0v) is 10.7. The van der Waals surface area contributed by atoms with Crippen LogP contribution in [0.25, 0.3) is 0 Å². The van der Waals surface area contributed by atoms with Gasteiger partial charge in [-0.1, -0.05) is 30.3 Å². The molecule has 0 heterocycles. The number of anilines is 1. The topological polar surface area (TPSA) is 52.9 Å². The van der Waals surface area contributed by atoms with E-state index in [2.05, 4.69) is 5.32 Å². The fourth-order valence-electron chi connectivity index (χ4n) is 1.80. The van der Waals surface area contributed by atoms with E-state index in [-0.39, 0.29) is 18.1 Å². The van der Waals surface area contributed by atoms with Gasteiger partial charge in [-0.3, -0.25) is 4.79 Å². The molecule has 1 atom stereocenters. The predicted molar refractivity (Wildman–Crippen MR) is 74.3 cm³/mol. The highest BCUT2D eigenvalue weighted by Gasteiger charge is 2.18. The van der Waals surface area contributed by atoms with Gasteiger partial charge in [0.15, 0.2) is 0 Å². The number of hydrogen-bond acceptors (Lipinski definition) is 2. The molecule has 2 rings (SSSR count). The number of carbonyl (C=O) groups excluding carboxylic acids is 1. The van der Waals surface area contributed by atoms with Crippen molar-refractivity contribution in [3.05, 3.63) is 66.0 Å². The average molecular weight is 268 g/mol.